The van der Waals surface area contributed by atoms with Crippen molar-refractivity contribution in [3.05, 3.63) is 36.4 Å². The summed E-state index contributed by atoms with van der Waals surface area (Å²) in [5, 5.41) is 1.82. The second kappa shape index (κ2) is 4.86. The van der Waals surface area contributed by atoms with Gasteiger partial charge in [-0.15, -0.1) is 0 Å². The summed E-state index contributed by atoms with van der Waals surface area (Å²) in [6.07, 6.45) is 1.12. The number of sulfonamides is 1. The Morgan fingerprint density at radius 2 is 2.17 bits per heavy atom. The molecule has 0 atom stereocenters. The van der Waals surface area contributed by atoms with E-state index in [2.05, 4.69) is 10.8 Å². The van der Waals surface area contributed by atoms with Crippen LogP contribution in [0.5, 0.6) is 5.75 Å². The van der Waals surface area contributed by atoms with Crippen LogP contribution in [0.25, 0.3) is 10.8 Å². The van der Waals surface area contributed by atoms with Crippen molar-refractivity contribution in [2.24, 2.45) is 0 Å². The van der Waals surface area contributed by atoms with Crippen molar-refractivity contribution in [2.45, 2.75) is 6.92 Å². The van der Waals surface area contributed by atoms with E-state index in [0.29, 0.717) is 18.0 Å². The smallest absolute Gasteiger partial charge is 0.229 e. The van der Waals surface area contributed by atoms with Crippen molar-refractivity contribution in [3.63, 3.8) is 0 Å². The van der Waals surface area contributed by atoms with Gasteiger partial charge in [0.25, 0.3) is 0 Å². The maximum absolute atomic E-state index is 11.2. The molecule has 0 bridgehead atoms. The van der Waals surface area contributed by atoms with Crippen molar-refractivity contribution in [3.8, 4) is 5.75 Å². The number of nitrogens with one attached hydrogen (secondary N) is 1. The standard InChI is InChI=1S/C13H14NO3S/c1-3-17-13-9-11(14-18(2,15)16)8-10-6-4-5-7-12(10)13/h5-9,14H,3H2,1-2H3. The Morgan fingerprint density at radius 3 is 2.83 bits per heavy atom. The zero-order chi connectivity index (χ0) is 13.2. The molecule has 0 saturated carbocycles. The molecule has 1 radical (unpaired) electrons. The van der Waals surface area contributed by atoms with Crippen LogP contribution < -0.4 is 9.46 Å². The van der Waals surface area contributed by atoms with Gasteiger partial charge in [-0.1, -0.05) is 12.1 Å². The monoisotopic (exact) mass is 264 g/mol. The van der Waals surface area contributed by atoms with E-state index < -0.39 is 10.0 Å². The molecule has 0 unspecified atom stereocenters. The fraction of sp³-hybridized carbons (Fsp3) is 0.231. The first-order chi connectivity index (χ1) is 8.49. The van der Waals surface area contributed by atoms with Crippen LogP contribution in [-0.2, 0) is 10.0 Å². The van der Waals surface area contributed by atoms with Crippen molar-refractivity contribution in [1.82, 2.24) is 0 Å². The molecule has 2 aromatic carbocycles. The first kappa shape index (κ1) is 12.7. The molecule has 2 aromatic rings. The molecule has 0 aromatic heterocycles. The highest BCUT2D eigenvalue weighted by atomic mass is 32.2. The lowest BCUT2D eigenvalue weighted by Crippen LogP contribution is -2.09. The number of hydrogen-bond donors (Lipinski definition) is 1. The van der Waals surface area contributed by atoms with Crippen LogP contribution in [0.2, 0.25) is 0 Å². The van der Waals surface area contributed by atoms with Gasteiger partial charge in [-0.2, -0.15) is 0 Å². The largest absolute Gasteiger partial charge is 0.493 e. The van der Waals surface area contributed by atoms with Crippen LogP contribution in [0.4, 0.5) is 5.69 Å². The number of benzene rings is 2. The molecule has 95 valence electrons. The van der Waals surface area contributed by atoms with Gasteiger partial charge < -0.3 is 4.74 Å². The molecule has 0 heterocycles. The Hall–Kier alpha value is -1.75. The third kappa shape index (κ3) is 2.92. The lowest BCUT2D eigenvalue weighted by Gasteiger charge is -2.11. The maximum atomic E-state index is 11.2. The van der Waals surface area contributed by atoms with Gasteiger partial charge in [0.05, 0.1) is 18.6 Å². The van der Waals surface area contributed by atoms with Crippen LogP contribution >= 0.6 is 0 Å². The minimum atomic E-state index is -3.29. The molecule has 1 N–H and O–H groups in total. The molecule has 4 nitrogen and oxygen atoms in total. The van der Waals surface area contributed by atoms with Gasteiger partial charge in [0.15, 0.2) is 0 Å². The van der Waals surface area contributed by atoms with E-state index in [9.17, 15) is 8.42 Å². The molecule has 0 saturated heterocycles. The second-order valence-electron chi connectivity index (χ2n) is 3.93. The summed E-state index contributed by atoms with van der Waals surface area (Å²) in [6, 6.07) is 11.9. The number of hydrogen-bond acceptors (Lipinski definition) is 3. The third-order valence-corrected chi connectivity index (χ3v) is 2.97. The highest BCUT2D eigenvalue weighted by molar-refractivity contribution is 7.92. The van der Waals surface area contributed by atoms with E-state index in [0.717, 1.165) is 17.0 Å². The molecule has 0 aliphatic carbocycles. The lowest BCUT2D eigenvalue weighted by molar-refractivity contribution is 0.344. The van der Waals surface area contributed by atoms with Crippen molar-refractivity contribution in [1.29, 1.82) is 0 Å². The predicted molar refractivity (Wildman–Crippen MR) is 72.4 cm³/mol. The number of ether oxygens (including phenoxy) is 1. The summed E-state index contributed by atoms with van der Waals surface area (Å²) in [6.45, 7) is 2.41. The quantitative estimate of drug-likeness (QED) is 0.922. The van der Waals surface area contributed by atoms with Gasteiger partial charge in [-0.25, -0.2) is 8.42 Å². The van der Waals surface area contributed by atoms with E-state index in [4.69, 9.17) is 4.74 Å². The number of rotatable bonds is 4. The molecular formula is C13H14NO3S. The average Bonchev–Trinajstić information content (AvgIpc) is 2.27. The van der Waals surface area contributed by atoms with Crippen LogP contribution in [0.1, 0.15) is 6.92 Å². The Kier molecular flexibility index (Phi) is 3.43. The van der Waals surface area contributed by atoms with Crippen molar-refractivity contribution in [2.75, 3.05) is 17.6 Å². The zero-order valence-corrected chi connectivity index (χ0v) is 11.0. The zero-order valence-electron chi connectivity index (χ0n) is 10.2. The Balaban J connectivity index is 2.57. The third-order valence-electron chi connectivity index (χ3n) is 2.36. The Morgan fingerprint density at radius 1 is 1.39 bits per heavy atom. The fourth-order valence-corrected chi connectivity index (χ4v) is 2.31. The van der Waals surface area contributed by atoms with E-state index in [1.54, 1.807) is 24.3 Å². The first-order valence-corrected chi connectivity index (χ1v) is 7.43. The van der Waals surface area contributed by atoms with E-state index in [1.807, 2.05) is 13.0 Å². The lowest BCUT2D eigenvalue weighted by atomic mass is 10.1. The highest BCUT2D eigenvalue weighted by Crippen LogP contribution is 2.30. The predicted octanol–water partition coefficient (Wildman–Crippen LogP) is 2.41. The molecular weight excluding hydrogens is 250 g/mol. The van der Waals surface area contributed by atoms with E-state index in [-0.39, 0.29) is 0 Å². The Bertz CT molecular complexity index is 665. The topological polar surface area (TPSA) is 55.4 Å². The molecule has 0 fully saturated rings. The normalized spacial score (nSPS) is 11.4. The molecule has 0 spiro atoms. The minimum absolute atomic E-state index is 0.494. The summed E-state index contributed by atoms with van der Waals surface area (Å²) in [5.74, 6) is 0.662. The number of fused-ring (bicyclic) bond motifs is 1. The van der Waals surface area contributed by atoms with Gasteiger partial charge >= 0.3 is 0 Å². The summed E-state index contributed by atoms with van der Waals surface area (Å²) in [7, 11) is -3.29. The Labute approximate surface area is 107 Å². The van der Waals surface area contributed by atoms with E-state index in [1.165, 1.54) is 0 Å². The molecule has 5 heteroatoms. The second-order valence-corrected chi connectivity index (χ2v) is 5.68. The summed E-state index contributed by atoms with van der Waals surface area (Å²) in [5.41, 5.74) is 0.494. The highest BCUT2D eigenvalue weighted by Gasteiger charge is 2.07. The van der Waals surface area contributed by atoms with E-state index >= 15 is 0 Å². The molecule has 0 amide bonds. The average molecular weight is 264 g/mol. The van der Waals surface area contributed by atoms with Gasteiger partial charge in [0, 0.05) is 11.5 Å². The molecule has 0 aliphatic rings. The number of anilines is 1. The van der Waals surface area contributed by atoms with Gasteiger partial charge in [-0.3, -0.25) is 4.72 Å². The first-order valence-electron chi connectivity index (χ1n) is 5.54. The van der Waals surface area contributed by atoms with Gasteiger partial charge in [0.2, 0.25) is 10.0 Å². The minimum Gasteiger partial charge on any atom is -0.493 e. The van der Waals surface area contributed by atoms with Crippen LogP contribution in [-0.4, -0.2) is 21.3 Å². The molecule has 18 heavy (non-hydrogen) atoms. The van der Waals surface area contributed by atoms with Crippen LogP contribution in [0.3, 0.4) is 0 Å². The SMILES string of the molecule is CCOc1cc(NS(C)(=O)=O)cc2c[c]ccc12. The maximum Gasteiger partial charge on any atom is 0.229 e. The fourth-order valence-electron chi connectivity index (χ4n) is 1.76. The van der Waals surface area contributed by atoms with Crippen LogP contribution in [0.15, 0.2) is 30.3 Å². The molecule has 2 rings (SSSR count). The van der Waals surface area contributed by atoms with Crippen LogP contribution in [0, 0.1) is 6.07 Å². The van der Waals surface area contributed by atoms with Crippen molar-refractivity contribution < 1.29 is 13.2 Å². The summed E-state index contributed by atoms with van der Waals surface area (Å²) < 4.78 is 30.5. The molecule has 0 aliphatic heterocycles. The van der Waals surface area contributed by atoms with Gasteiger partial charge in [-0.05, 0) is 30.5 Å². The summed E-state index contributed by atoms with van der Waals surface area (Å²) in [4.78, 5) is 0. The van der Waals surface area contributed by atoms with Gasteiger partial charge in [0.1, 0.15) is 5.75 Å². The van der Waals surface area contributed by atoms with Crippen molar-refractivity contribution >= 4 is 26.5 Å². The summed E-state index contributed by atoms with van der Waals surface area (Å²) >= 11 is 0.